The number of hydrogen-bond acceptors (Lipinski definition) is 5. The second-order valence-electron chi connectivity index (χ2n) is 4.16. The fourth-order valence-electron chi connectivity index (χ4n) is 1.60. The Balaban J connectivity index is 1.92. The molecule has 1 amide bonds. The first-order valence-corrected chi connectivity index (χ1v) is 6.88. The minimum atomic E-state index is -0.718. The number of aromatic nitrogens is 2. The topological polar surface area (TPSA) is 93.3 Å². The highest BCUT2D eigenvalue weighted by molar-refractivity contribution is 6.32. The highest BCUT2D eigenvalue weighted by atomic mass is 35.5. The second-order valence-corrected chi connectivity index (χ2v) is 4.53. The number of ether oxygens (including phenoxy) is 2. The summed E-state index contributed by atoms with van der Waals surface area (Å²) in [6.07, 6.45) is -0.718. The van der Waals surface area contributed by atoms with E-state index in [0.29, 0.717) is 0 Å². The molecule has 0 saturated carbocycles. The summed E-state index contributed by atoms with van der Waals surface area (Å²) in [7, 11) is 0. The van der Waals surface area contributed by atoms with Crippen LogP contribution in [0.4, 0.5) is 10.7 Å². The summed E-state index contributed by atoms with van der Waals surface area (Å²) in [5.74, 6) is -0.666. The van der Waals surface area contributed by atoms with Crippen molar-refractivity contribution < 1.29 is 19.1 Å². The number of nitrogens with zero attached hydrogens (tertiary/aromatic N) is 1. The number of nitrogens with one attached hydrogen (secondary N) is 2. The molecule has 2 aromatic rings. The highest BCUT2D eigenvalue weighted by Gasteiger charge is 2.18. The Hall–Kier alpha value is -2.54. The molecule has 8 heteroatoms. The zero-order chi connectivity index (χ0) is 15.9. The number of H-pyrrole nitrogens is 1. The molecule has 1 aromatic carbocycles. The third kappa shape index (κ3) is 4.23. The van der Waals surface area contributed by atoms with Crippen molar-refractivity contribution in [1.82, 2.24) is 9.97 Å². The lowest BCUT2D eigenvalue weighted by atomic mass is 10.2. The van der Waals surface area contributed by atoms with Crippen molar-refractivity contribution in [2.75, 3.05) is 11.9 Å². The molecule has 116 valence electrons. The van der Waals surface area contributed by atoms with Gasteiger partial charge in [-0.2, -0.15) is 0 Å². The number of amides is 1. The van der Waals surface area contributed by atoms with E-state index >= 15 is 0 Å². The quantitative estimate of drug-likeness (QED) is 0.825. The highest BCUT2D eigenvalue weighted by Crippen LogP contribution is 2.17. The number of halogens is 1. The molecule has 0 aliphatic rings. The number of anilines is 1. The largest absolute Gasteiger partial charge is 0.461 e. The molecule has 1 heterocycles. The molecule has 2 rings (SSSR count). The molecule has 22 heavy (non-hydrogen) atoms. The van der Waals surface area contributed by atoms with Gasteiger partial charge in [0.15, 0.2) is 5.69 Å². The number of esters is 1. The molecule has 0 aliphatic carbocycles. The minimum absolute atomic E-state index is 0.00566. The van der Waals surface area contributed by atoms with Crippen molar-refractivity contribution in [3.05, 3.63) is 46.7 Å². The molecule has 0 atom stereocenters. The van der Waals surface area contributed by atoms with Crippen LogP contribution in [0.25, 0.3) is 0 Å². The molecule has 1 aromatic heterocycles. The van der Waals surface area contributed by atoms with Crippen molar-refractivity contribution in [3.8, 4) is 0 Å². The number of rotatable bonds is 5. The molecule has 0 bridgehead atoms. The minimum Gasteiger partial charge on any atom is -0.461 e. The van der Waals surface area contributed by atoms with E-state index in [4.69, 9.17) is 21.1 Å². The Morgan fingerprint density at radius 3 is 2.68 bits per heavy atom. The van der Waals surface area contributed by atoms with Gasteiger partial charge in [0.2, 0.25) is 5.95 Å². The maximum Gasteiger partial charge on any atom is 0.414 e. The molecule has 0 unspecified atom stereocenters. The lowest BCUT2D eigenvalue weighted by molar-refractivity contribution is 0.0520. The summed E-state index contributed by atoms with van der Waals surface area (Å²) in [6.45, 7) is 1.98. The number of hydrogen-bond donors (Lipinski definition) is 2. The molecule has 0 aliphatic heterocycles. The summed E-state index contributed by atoms with van der Waals surface area (Å²) < 4.78 is 9.80. The molecule has 0 spiro atoms. The number of carbonyl (C=O) groups excluding carboxylic acids is 2. The molecule has 0 saturated heterocycles. The first kappa shape index (κ1) is 15.8. The van der Waals surface area contributed by atoms with Crippen LogP contribution in [0.2, 0.25) is 5.15 Å². The molecular formula is C14H14ClN3O4. The Morgan fingerprint density at radius 2 is 2.00 bits per heavy atom. The maximum atomic E-state index is 11.6. The SMILES string of the molecule is CCOC(=O)c1nc(NC(=O)OCc2ccccc2)[nH]c1Cl. The van der Waals surface area contributed by atoms with E-state index in [9.17, 15) is 9.59 Å². The van der Waals surface area contributed by atoms with Gasteiger partial charge in [0.1, 0.15) is 11.8 Å². The van der Waals surface area contributed by atoms with E-state index in [-0.39, 0.29) is 30.0 Å². The van der Waals surface area contributed by atoms with Crippen LogP contribution in [0, 0.1) is 0 Å². The summed E-state index contributed by atoms with van der Waals surface area (Å²) >= 11 is 5.82. The fraction of sp³-hybridized carbons (Fsp3) is 0.214. The second kappa shape index (κ2) is 7.46. The van der Waals surface area contributed by atoms with Gasteiger partial charge in [-0.15, -0.1) is 0 Å². The van der Waals surface area contributed by atoms with Gasteiger partial charge < -0.3 is 14.5 Å². The maximum absolute atomic E-state index is 11.6. The lowest BCUT2D eigenvalue weighted by Gasteiger charge is -2.04. The standard InChI is InChI=1S/C14H14ClN3O4/c1-2-21-12(19)10-11(15)17-13(16-10)18-14(20)22-8-9-6-4-3-5-7-9/h3-7H,2,8H2,1H3,(H2,16,17,18,20). The van der Waals surface area contributed by atoms with Gasteiger partial charge in [0.25, 0.3) is 0 Å². The Labute approximate surface area is 131 Å². The van der Waals surface area contributed by atoms with Gasteiger partial charge in [-0.05, 0) is 12.5 Å². The third-order valence-electron chi connectivity index (χ3n) is 2.56. The Bertz CT molecular complexity index is 657. The van der Waals surface area contributed by atoms with Crippen LogP contribution in [0.15, 0.2) is 30.3 Å². The van der Waals surface area contributed by atoms with Crippen molar-refractivity contribution in [2.45, 2.75) is 13.5 Å². The smallest absolute Gasteiger partial charge is 0.414 e. The number of aromatic amines is 1. The van der Waals surface area contributed by atoms with Crippen molar-refractivity contribution in [1.29, 1.82) is 0 Å². The fourth-order valence-corrected chi connectivity index (χ4v) is 1.81. The van der Waals surface area contributed by atoms with Gasteiger partial charge in [0, 0.05) is 0 Å². The lowest BCUT2D eigenvalue weighted by Crippen LogP contribution is -2.14. The summed E-state index contributed by atoms with van der Waals surface area (Å²) in [4.78, 5) is 29.6. The average Bonchev–Trinajstić information content (AvgIpc) is 2.87. The zero-order valence-electron chi connectivity index (χ0n) is 11.8. The van der Waals surface area contributed by atoms with Crippen molar-refractivity contribution >= 4 is 29.6 Å². The first-order chi connectivity index (χ1) is 10.6. The van der Waals surface area contributed by atoms with E-state index in [2.05, 4.69) is 15.3 Å². The van der Waals surface area contributed by atoms with E-state index in [1.165, 1.54) is 0 Å². The van der Waals surface area contributed by atoms with Crippen LogP contribution >= 0.6 is 11.6 Å². The van der Waals surface area contributed by atoms with Gasteiger partial charge in [-0.1, -0.05) is 41.9 Å². The summed E-state index contributed by atoms with van der Waals surface area (Å²) in [5, 5.41) is 2.33. The third-order valence-corrected chi connectivity index (χ3v) is 2.84. The van der Waals surface area contributed by atoms with Crippen molar-refractivity contribution in [2.24, 2.45) is 0 Å². The van der Waals surface area contributed by atoms with Crippen LogP contribution in [0.3, 0.4) is 0 Å². The van der Waals surface area contributed by atoms with E-state index in [1.54, 1.807) is 6.92 Å². The normalized spacial score (nSPS) is 10.1. The van der Waals surface area contributed by atoms with Crippen LogP contribution < -0.4 is 5.32 Å². The van der Waals surface area contributed by atoms with E-state index in [0.717, 1.165) is 5.56 Å². The molecule has 7 nitrogen and oxygen atoms in total. The van der Waals surface area contributed by atoms with Crippen LogP contribution in [-0.2, 0) is 16.1 Å². The zero-order valence-corrected chi connectivity index (χ0v) is 12.5. The van der Waals surface area contributed by atoms with E-state index < -0.39 is 12.1 Å². The summed E-state index contributed by atoms with van der Waals surface area (Å²) in [6, 6.07) is 9.21. The van der Waals surface area contributed by atoms with Crippen LogP contribution in [0.5, 0.6) is 0 Å². The Morgan fingerprint density at radius 1 is 1.27 bits per heavy atom. The number of benzene rings is 1. The number of imidazole rings is 1. The molecule has 2 N–H and O–H groups in total. The molecule has 0 fully saturated rings. The van der Waals surface area contributed by atoms with Crippen molar-refractivity contribution in [3.63, 3.8) is 0 Å². The van der Waals surface area contributed by atoms with Crippen LogP contribution in [-0.4, -0.2) is 28.6 Å². The number of carbonyl (C=O) groups is 2. The van der Waals surface area contributed by atoms with E-state index in [1.807, 2.05) is 30.3 Å². The predicted octanol–water partition coefficient (Wildman–Crippen LogP) is 2.99. The van der Waals surface area contributed by atoms with Gasteiger partial charge in [-0.25, -0.2) is 14.6 Å². The van der Waals surface area contributed by atoms with Gasteiger partial charge in [-0.3, -0.25) is 5.32 Å². The predicted molar refractivity (Wildman–Crippen MR) is 79.8 cm³/mol. The Kier molecular flexibility index (Phi) is 5.37. The summed E-state index contributed by atoms with van der Waals surface area (Å²) in [5.41, 5.74) is 0.754. The first-order valence-electron chi connectivity index (χ1n) is 6.50. The van der Waals surface area contributed by atoms with Gasteiger partial charge in [0.05, 0.1) is 6.61 Å². The molecular weight excluding hydrogens is 310 g/mol. The van der Waals surface area contributed by atoms with Gasteiger partial charge >= 0.3 is 12.1 Å². The monoisotopic (exact) mass is 323 g/mol. The van der Waals surface area contributed by atoms with Crippen LogP contribution in [0.1, 0.15) is 23.0 Å². The average molecular weight is 324 g/mol. The molecule has 0 radical (unpaired) electrons.